The van der Waals surface area contributed by atoms with Crippen LogP contribution in [0.4, 0.5) is 0 Å². The third kappa shape index (κ3) is 3.57. The van der Waals surface area contributed by atoms with Gasteiger partial charge in [-0.1, -0.05) is 11.8 Å². The van der Waals surface area contributed by atoms with E-state index in [2.05, 4.69) is 16.8 Å². The first-order chi connectivity index (χ1) is 8.15. The average Bonchev–Trinajstić information content (AvgIpc) is 2.84. The van der Waals surface area contributed by atoms with Gasteiger partial charge in [0.15, 0.2) is 5.12 Å². The van der Waals surface area contributed by atoms with Gasteiger partial charge in [0.2, 0.25) is 5.91 Å². The molecule has 2 rings (SSSR count). The Morgan fingerprint density at radius 2 is 2.47 bits per heavy atom. The first-order valence-corrected chi connectivity index (χ1v) is 7.43. The molecule has 1 fully saturated rings. The smallest absolute Gasteiger partial charge is 0.223 e. The lowest BCUT2D eigenvalue weighted by atomic mass is 10.2. The molecule has 0 spiro atoms. The first-order valence-electron chi connectivity index (χ1n) is 5.61. The molecule has 1 aromatic heterocycles. The Hall–Kier alpha value is -0.810. The third-order valence-electron chi connectivity index (χ3n) is 2.76. The molecule has 2 heterocycles. The summed E-state index contributed by atoms with van der Waals surface area (Å²) in [6.45, 7) is 3.04. The Kier molecular flexibility index (Phi) is 4.23. The fourth-order valence-corrected chi connectivity index (χ4v) is 3.62. The molecule has 1 aromatic rings. The Morgan fingerprint density at radius 3 is 3.12 bits per heavy atom. The summed E-state index contributed by atoms with van der Waals surface area (Å²) in [6, 6.07) is 2.09. The summed E-state index contributed by atoms with van der Waals surface area (Å²) < 4.78 is 0. The number of carbonyl (C=O) groups is 2. The second-order valence-corrected chi connectivity index (χ2v) is 6.41. The molecular formula is C12H15NO2S2. The second-order valence-electron chi connectivity index (χ2n) is 4.16. The maximum absolute atomic E-state index is 11.7. The summed E-state index contributed by atoms with van der Waals surface area (Å²) >= 11 is 2.97. The van der Waals surface area contributed by atoms with E-state index in [1.54, 1.807) is 18.3 Å². The zero-order valence-electron chi connectivity index (χ0n) is 9.72. The van der Waals surface area contributed by atoms with E-state index in [1.165, 1.54) is 17.3 Å². The Labute approximate surface area is 109 Å². The lowest BCUT2D eigenvalue weighted by Crippen LogP contribution is -2.27. The molecule has 5 heteroatoms. The minimum Gasteiger partial charge on any atom is -0.341 e. The molecular weight excluding hydrogens is 254 g/mol. The monoisotopic (exact) mass is 269 g/mol. The number of thioether (sulfide) groups is 1. The van der Waals surface area contributed by atoms with E-state index >= 15 is 0 Å². The highest BCUT2D eigenvalue weighted by Gasteiger charge is 2.30. The second kappa shape index (κ2) is 5.69. The van der Waals surface area contributed by atoms with Crippen LogP contribution in [0.15, 0.2) is 16.8 Å². The largest absolute Gasteiger partial charge is 0.341 e. The minimum atomic E-state index is 0.0995. The van der Waals surface area contributed by atoms with Crippen molar-refractivity contribution in [3.8, 4) is 0 Å². The van der Waals surface area contributed by atoms with Crippen molar-refractivity contribution in [1.29, 1.82) is 0 Å². The lowest BCUT2D eigenvalue weighted by molar-refractivity contribution is -0.127. The van der Waals surface area contributed by atoms with E-state index in [0.29, 0.717) is 13.0 Å². The molecule has 3 nitrogen and oxygen atoms in total. The Morgan fingerprint density at radius 1 is 1.65 bits per heavy atom. The zero-order valence-corrected chi connectivity index (χ0v) is 11.4. The maximum atomic E-state index is 11.7. The van der Waals surface area contributed by atoms with Gasteiger partial charge in [0.05, 0.1) is 0 Å². The van der Waals surface area contributed by atoms with Crippen LogP contribution in [0.5, 0.6) is 0 Å². The van der Waals surface area contributed by atoms with Gasteiger partial charge in [0.1, 0.15) is 0 Å². The van der Waals surface area contributed by atoms with E-state index in [1.807, 2.05) is 4.90 Å². The molecule has 0 saturated carbocycles. The summed E-state index contributed by atoms with van der Waals surface area (Å²) in [4.78, 5) is 24.6. The van der Waals surface area contributed by atoms with E-state index in [0.717, 1.165) is 13.0 Å². The number of hydrogen-bond donors (Lipinski definition) is 0. The third-order valence-corrected chi connectivity index (χ3v) is 4.48. The van der Waals surface area contributed by atoms with E-state index < -0.39 is 0 Å². The number of nitrogens with zero attached hydrogens (tertiary/aromatic N) is 1. The predicted molar refractivity (Wildman–Crippen MR) is 71.3 cm³/mol. The number of thiophene rings is 1. The van der Waals surface area contributed by atoms with Gasteiger partial charge in [0.25, 0.3) is 0 Å². The van der Waals surface area contributed by atoms with Crippen molar-refractivity contribution < 1.29 is 9.59 Å². The molecule has 0 radical (unpaired) electrons. The summed E-state index contributed by atoms with van der Waals surface area (Å²) in [7, 11) is 0. The van der Waals surface area contributed by atoms with Gasteiger partial charge < -0.3 is 4.90 Å². The van der Waals surface area contributed by atoms with Gasteiger partial charge in [-0.25, -0.2) is 0 Å². The molecule has 1 saturated heterocycles. The Balaban J connectivity index is 1.82. The number of carbonyl (C=O) groups excluding carboxylic acids is 2. The van der Waals surface area contributed by atoms with E-state index in [-0.39, 0.29) is 16.3 Å². The standard InChI is InChI=1S/C12H15NO2S2/c1-9(14)17-11-6-12(15)13(7-11)4-2-10-3-5-16-8-10/h3,5,8,11H,2,4,6-7H2,1H3. The van der Waals surface area contributed by atoms with Crippen LogP contribution < -0.4 is 0 Å². The summed E-state index contributed by atoms with van der Waals surface area (Å²) in [5, 5.41) is 4.42. The van der Waals surface area contributed by atoms with Crippen LogP contribution in [0.1, 0.15) is 18.9 Å². The quantitative estimate of drug-likeness (QED) is 0.840. The summed E-state index contributed by atoms with van der Waals surface area (Å²) in [5.74, 6) is 0.180. The van der Waals surface area contributed by atoms with Gasteiger partial charge in [-0.05, 0) is 28.8 Å². The van der Waals surface area contributed by atoms with Crippen LogP contribution in [0.2, 0.25) is 0 Å². The van der Waals surface area contributed by atoms with Crippen LogP contribution in [-0.4, -0.2) is 34.3 Å². The molecule has 1 aliphatic heterocycles. The molecule has 0 bridgehead atoms. The van der Waals surface area contributed by atoms with Crippen LogP contribution in [0.3, 0.4) is 0 Å². The van der Waals surface area contributed by atoms with Gasteiger partial charge in [0, 0.05) is 31.7 Å². The van der Waals surface area contributed by atoms with E-state index in [9.17, 15) is 9.59 Å². The van der Waals surface area contributed by atoms with Crippen molar-refractivity contribution in [1.82, 2.24) is 4.90 Å². The fraction of sp³-hybridized carbons (Fsp3) is 0.500. The lowest BCUT2D eigenvalue weighted by Gasteiger charge is -2.15. The molecule has 1 unspecified atom stereocenters. The summed E-state index contributed by atoms with van der Waals surface area (Å²) in [6.07, 6.45) is 1.42. The molecule has 17 heavy (non-hydrogen) atoms. The fourth-order valence-electron chi connectivity index (χ4n) is 1.96. The van der Waals surface area contributed by atoms with Gasteiger partial charge in [-0.3, -0.25) is 9.59 Å². The van der Waals surface area contributed by atoms with Crippen molar-refractivity contribution in [3.63, 3.8) is 0 Å². The highest BCUT2D eigenvalue weighted by Crippen LogP contribution is 2.24. The van der Waals surface area contributed by atoms with Crippen molar-refractivity contribution in [2.45, 2.75) is 25.0 Å². The zero-order chi connectivity index (χ0) is 12.3. The molecule has 1 aliphatic rings. The molecule has 1 amide bonds. The van der Waals surface area contributed by atoms with Gasteiger partial charge in [-0.15, -0.1) is 0 Å². The SMILES string of the molecule is CC(=O)SC1CC(=O)N(CCc2ccsc2)C1. The number of rotatable bonds is 4. The maximum Gasteiger partial charge on any atom is 0.223 e. The van der Waals surface area contributed by atoms with E-state index in [4.69, 9.17) is 0 Å². The van der Waals surface area contributed by atoms with Crippen molar-refractivity contribution in [3.05, 3.63) is 22.4 Å². The molecule has 0 N–H and O–H groups in total. The normalized spacial score (nSPS) is 19.9. The number of amides is 1. The first kappa shape index (κ1) is 12.6. The van der Waals surface area contributed by atoms with Crippen molar-refractivity contribution >= 4 is 34.1 Å². The minimum absolute atomic E-state index is 0.0995. The average molecular weight is 269 g/mol. The topological polar surface area (TPSA) is 37.4 Å². The summed E-state index contributed by atoms with van der Waals surface area (Å²) in [5.41, 5.74) is 1.28. The van der Waals surface area contributed by atoms with Crippen molar-refractivity contribution in [2.24, 2.45) is 0 Å². The molecule has 92 valence electrons. The highest BCUT2D eigenvalue weighted by atomic mass is 32.2. The predicted octanol–water partition coefficient (Wildman–Crippen LogP) is 2.17. The molecule has 0 aliphatic carbocycles. The number of hydrogen-bond acceptors (Lipinski definition) is 4. The van der Waals surface area contributed by atoms with Crippen LogP contribution >= 0.6 is 23.1 Å². The van der Waals surface area contributed by atoms with Crippen molar-refractivity contribution in [2.75, 3.05) is 13.1 Å². The van der Waals surface area contributed by atoms with Gasteiger partial charge in [-0.2, -0.15) is 11.3 Å². The van der Waals surface area contributed by atoms with Gasteiger partial charge >= 0.3 is 0 Å². The Bertz CT molecular complexity index is 403. The molecule has 1 atom stereocenters. The van der Waals surface area contributed by atoms with Crippen LogP contribution in [0, 0.1) is 0 Å². The van der Waals surface area contributed by atoms with Crippen LogP contribution in [-0.2, 0) is 16.0 Å². The number of likely N-dealkylation sites (tertiary alicyclic amines) is 1. The molecule has 0 aromatic carbocycles. The van der Waals surface area contributed by atoms with Crippen LogP contribution in [0.25, 0.3) is 0 Å². The highest BCUT2D eigenvalue weighted by molar-refractivity contribution is 8.14.